The Balaban J connectivity index is 1.74. The lowest BCUT2D eigenvalue weighted by atomic mass is 10.2. The molecule has 0 bridgehead atoms. The maximum absolute atomic E-state index is 11.7. The van der Waals surface area contributed by atoms with E-state index >= 15 is 0 Å². The van der Waals surface area contributed by atoms with Crippen molar-refractivity contribution in [1.29, 1.82) is 0 Å². The number of rotatable bonds is 8. The van der Waals surface area contributed by atoms with Crippen molar-refractivity contribution < 1.29 is 9.90 Å². The van der Waals surface area contributed by atoms with Crippen LogP contribution in [-0.4, -0.2) is 50.7 Å². The minimum Gasteiger partial charge on any atom is -0.394 e. The molecule has 2 rings (SSSR count). The third-order valence-electron chi connectivity index (χ3n) is 3.48. The lowest BCUT2D eigenvalue weighted by molar-refractivity contribution is 0.0949. The summed E-state index contributed by atoms with van der Waals surface area (Å²) in [7, 11) is 0. The van der Waals surface area contributed by atoms with Crippen molar-refractivity contribution in [1.82, 2.24) is 30.6 Å². The first-order valence-corrected chi connectivity index (χ1v) is 7.25. The van der Waals surface area contributed by atoms with E-state index in [2.05, 4.69) is 25.9 Å². The zero-order chi connectivity index (χ0) is 15.9. The molecule has 2 aromatic heterocycles. The minimum absolute atomic E-state index is 0.0778. The second-order valence-electron chi connectivity index (χ2n) is 5.00. The SMILES string of the molecule is Cc1nn(CCO)c(C)c1CNCCNC(=O)c1ccn[nH]1. The van der Waals surface area contributed by atoms with E-state index in [1.165, 1.54) is 0 Å². The molecule has 0 aliphatic heterocycles. The van der Waals surface area contributed by atoms with Crippen LogP contribution < -0.4 is 10.6 Å². The standard InChI is InChI=1S/C14H22N6O2/c1-10-12(11(2)20(19-10)7-8-21)9-15-5-6-16-14(22)13-3-4-17-18-13/h3-4,15,21H,5-9H2,1-2H3,(H,16,22)(H,17,18). The van der Waals surface area contributed by atoms with E-state index in [0.29, 0.717) is 31.9 Å². The number of H-pyrrole nitrogens is 1. The molecule has 1 amide bonds. The van der Waals surface area contributed by atoms with Crippen LogP contribution in [0.3, 0.4) is 0 Å². The second kappa shape index (κ2) is 7.71. The Morgan fingerprint density at radius 3 is 2.91 bits per heavy atom. The van der Waals surface area contributed by atoms with Gasteiger partial charge in [0.05, 0.1) is 18.8 Å². The molecule has 0 radical (unpaired) electrons. The Morgan fingerprint density at radius 2 is 2.23 bits per heavy atom. The predicted molar refractivity (Wildman–Crippen MR) is 81.4 cm³/mol. The van der Waals surface area contributed by atoms with Crippen LogP contribution in [0.1, 0.15) is 27.4 Å². The highest BCUT2D eigenvalue weighted by atomic mass is 16.3. The van der Waals surface area contributed by atoms with Crippen molar-refractivity contribution in [2.24, 2.45) is 0 Å². The third kappa shape index (κ3) is 3.92. The van der Waals surface area contributed by atoms with E-state index in [1.807, 2.05) is 18.5 Å². The van der Waals surface area contributed by atoms with Gasteiger partial charge >= 0.3 is 0 Å². The van der Waals surface area contributed by atoms with Gasteiger partial charge in [0.2, 0.25) is 0 Å². The molecule has 0 unspecified atom stereocenters. The number of aliphatic hydroxyl groups is 1. The van der Waals surface area contributed by atoms with Gasteiger partial charge in [0.1, 0.15) is 5.69 Å². The number of carbonyl (C=O) groups excluding carboxylic acids is 1. The number of nitrogens with zero attached hydrogens (tertiary/aromatic N) is 3. The van der Waals surface area contributed by atoms with Crippen LogP contribution in [0.15, 0.2) is 12.3 Å². The molecule has 0 saturated heterocycles. The molecule has 120 valence electrons. The molecule has 0 aliphatic carbocycles. The smallest absolute Gasteiger partial charge is 0.269 e. The van der Waals surface area contributed by atoms with Crippen molar-refractivity contribution in [2.45, 2.75) is 26.9 Å². The van der Waals surface area contributed by atoms with Gasteiger partial charge in [-0.2, -0.15) is 10.2 Å². The van der Waals surface area contributed by atoms with E-state index in [1.54, 1.807) is 12.3 Å². The Morgan fingerprint density at radius 1 is 1.41 bits per heavy atom. The highest BCUT2D eigenvalue weighted by Gasteiger charge is 2.10. The number of hydrogen-bond acceptors (Lipinski definition) is 5. The quantitative estimate of drug-likeness (QED) is 0.502. The predicted octanol–water partition coefficient (Wildman–Crippen LogP) is -0.265. The number of amides is 1. The molecule has 2 heterocycles. The molecule has 0 aliphatic rings. The van der Waals surface area contributed by atoms with Crippen molar-refractivity contribution in [3.63, 3.8) is 0 Å². The Kier molecular flexibility index (Phi) is 5.68. The summed E-state index contributed by atoms with van der Waals surface area (Å²) in [5.74, 6) is -0.164. The molecule has 2 aromatic rings. The lowest BCUT2D eigenvalue weighted by Crippen LogP contribution is -2.32. The van der Waals surface area contributed by atoms with Crippen LogP contribution in [0.4, 0.5) is 0 Å². The van der Waals surface area contributed by atoms with Crippen molar-refractivity contribution in [3.05, 3.63) is 34.9 Å². The zero-order valence-corrected chi connectivity index (χ0v) is 12.9. The summed E-state index contributed by atoms with van der Waals surface area (Å²) in [4.78, 5) is 11.7. The first kappa shape index (κ1) is 16.2. The van der Waals surface area contributed by atoms with Crippen molar-refractivity contribution in [3.8, 4) is 0 Å². The van der Waals surface area contributed by atoms with Gasteiger partial charge < -0.3 is 15.7 Å². The van der Waals surface area contributed by atoms with Gasteiger partial charge in [-0.3, -0.25) is 14.6 Å². The molecule has 8 nitrogen and oxygen atoms in total. The van der Waals surface area contributed by atoms with Gasteiger partial charge in [-0.25, -0.2) is 0 Å². The number of nitrogens with one attached hydrogen (secondary N) is 3. The highest BCUT2D eigenvalue weighted by molar-refractivity contribution is 5.92. The maximum atomic E-state index is 11.7. The van der Waals surface area contributed by atoms with Crippen LogP contribution >= 0.6 is 0 Å². The Bertz CT molecular complexity index is 605. The van der Waals surface area contributed by atoms with Gasteiger partial charge in [-0.15, -0.1) is 0 Å². The number of hydrogen-bond donors (Lipinski definition) is 4. The Hall–Kier alpha value is -2.19. The molecule has 22 heavy (non-hydrogen) atoms. The summed E-state index contributed by atoms with van der Waals surface area (Å²) in [5, 5.41) is 25.8. The number of aliphatic hydroxyl groups excluding tert-OH is 1. The molecule has 0 aromatic carbocycles. The van der Waals surface area contributed by atoms with Gasteiger partial charge in [-0.1, -0.05) is 0 Å². The van der Waals surface area contributed by atoms with E-state index in [-0.39, 0.29) is 12.5 Å². The monoisotopic (exact) mass is 306 g/mol. The fourth-order valence-corrected chi connectivity index (χ4v) is 2.26. The van der Waals surface area contributed by atoms with Crippen molar-refractivity contribution >= 4 is 5.91 Å². The van der Waals surface area contributed by atoms with E-state index in [0.717, 1.165) is 17.0 Å². The first-order valence-electron chi connectivity index (χ1n) is 7.25. The number of aryl methyl sites for hydroxylation is 1. The second-order valence-corrected chi connectivity index (χ2v) is 5.00. The summed E-state index contributed by atoms with van der Waals surface area (Å²) >= 11 is 0. The first-order chi connectivity index (χ1) is 10.6. The average molecular weight is 306 g/mol. The van der Waals surface area contributed by atoms with Gasteiger partial charge in [0.15, 0.2) is 0 Å². The topological polar surface area (TPSA) is 108 Å². The summed E-state index contributed by atoms with van der Waals surface area (Å²) in [6, 6.07) is 1.63. The summed E-state index contributed by atoms with van der Waals surface area (Å²) < 4.78 is 1.81. The van der Waals surface area contributed by atoms with Gasteiger partial charge in [0, 0.05) is 37.1 Å². The molecule has 0 atom stereocenters. The fourth-order valence-electron chi connectivity index (χ4n) is 2.26. The zero-order valence-electron chi connectivity index (χ0n) is 12.9. The summed E-state index contributed by atoms with van der Waals surface area (Å²) in [6.07, 6.45) is 1.54. The number of aromatic nitrogens is 4. The maximum Gasteiger partial charge on any atom is 0.269 e. The molecule has 0 spiro atoms. The van der Waals surface area contributed by atoms with Crippen LogP contribution in [0.5, 0.6) is 0 Å². The molecular weight excluding hydrogens is 284 g/mol. The van der Waals surface area contributed by atoms with Crippen LogP contribution in [0.2, 0.25) is 0 Å². The largest absolute Gasteiger partial charge is 0.394 e. The average Bonchev–Trinajstić information content (AvgIpc) is 3.11. The van der Waals surface area contributed by atoms with E-state index in [4.69, 9.17) is 5.11 Å². The lowest BCUT2D eigenvalue weighted by Gasteiger charge is -2.07. The number of aromatic amines is 1. The molecule has 8 heteroatoms. The Labute approximate surface area is 128 Å². The van der Waals surface area contributed by atoms with E-state index in [9.17, 15) is 4.79 Å². The van der Waals surface area contributed by atoms with Crippen LogP contribution in [-0.2, 0) is 13.1 Å². The fraction of sp³-hybridized carbons (Fsp3) is 0.500. The molecular formula is C14H22N6O2. The molecule has 0 fully saturated rings. The molecule has 0 saturated carbocycles. The summed E-state index contributed by atoms with van der Waals surface area (Å²) in [5.41, 5.74) is 3.60. The number of carbonyl (C=O) groups is 1. The van der Waals surface area contributed by atoms with E-state index < -0.39 is 0 Å². The normalized spacial score (nSPS) is 10.9. The van der Waals surface area contributed by atoms with Crippen LogP contribution in [0, 0.1) is 13.8 Å². The van der Waals surface area contributed by atoms with Crippen LogP contribution in [0.25, 0.3) is 0 Å². The molecule has 4 N–H and O–H groups in total. The van der Waals surface area contributed by atoms with Gasteiger partial charge in [-0.05, 0) is 19.9 Å². The third-order valence-corrected chi connectivity index (χ3v) is 3.48. The minimum atomic E-state index is -0.164. The highest BCUT2D eigenvalue weighted by Crippen LogP contribution is 2.12. The summed E-state index contributed by atoms with van der Waals surface area (Å²) in [6.45, 7) is 6.40. The van der Waals surface area contributed by atoms with Gasteiger partial charge in [0.25, 0.3) is 5.91 Å². The van der Waals surface area contributed by atoms with Crippen molar-refractivity contribution in [2.75, 3.05) is 19.7 Å².